The minimum atomic E-state index is -3.84. The van der Waals surface area contributed by atoms with E-state index in [0.717, 1.165) is 0 Å². The summed E-state index contributed by atoms with van der Waals surface area (Å²) < 4.78 is 51.2. The number of aromatic nitrogens is 2. The first kappa shape index (κ1) is 16.2. The van der Waals surface area contributed by atoms with Crippen LogP contribution >= 0.6 is 0 Å². The highest BCUT2D eigenvalue weighted by atomic mass is 32.2. The standard InChI is InChI=1S/C11H20N4O4S2/c1-3-14-7-10(11(12)13-14)21(18,19)15(4-2)9-5-6-20(16,17)8-9/h7,9H,3-6,8H2,1-2H3,(H2,12,13). The lowest BCUT2D eigenvalue weighted by molar-refractivity contribution is 0.354. The van der Waals surface area contributed by atoms with Crippen LogP contribution in [-0.2, 0) is 26.4 Å². The molecule has 1 aromatic heterocycles. The smallest absolute Gasteiger partial charge is 0.248 e. The van der Waals surface area contributed by atoms with Crippen molar-refractivity contribution < 1.29 is 16.8 Å². The molecule has 0 aliphatic carbocycles. The van der Waals surface area contributed by atoms with Crippen molar-refractivity contribution in [2.24, 2.45) is 0 Å². The van der Waals surface area contributed by atoms with Crippen LogP contribution in [0, 0.1) is 0 Å². The molecule has 0 aromatic carbocycles. The van der Waals surface area contributed by atoms with Gasteiger partial charge in [0.2, 0.25) is 10.0 Å². The number of nitrogens with zero attached hydrogens (tertiary/aromatic N) is 3. The Kier molecular flexibility index (Phi) is 4.31. The van der Waals surface area contributed by atoms with E-state index in [0.29, 0.717) is 13.0 Å². The number of hydrogen-bond donors (Lipinski definition) is 1. The summed E-state index contributed by atoms with van der Waals surface area (Å²) in [6, 6.07) is -0.533. The minimum absolute atomic E-state index is 0.0212. The van der Waals surface area contributed by atoms with E-state index in [9.17, 15) is 16.8 Å². The molecule has 2 rings (SSSR count). The molecule has 2 N–H and O–H groups in total. The molecule has 1 aromatic rings. The number of nitrogen functional groups attached to an aromatic ring is 1. The number of aryl methyl sites for hydroxylation is 1. The summed E-state index contributed by atoms with van der Waals surface area (Å²) in [4.78, 5) is -0.0597. The van der Waals surface area contributed by atoms with Crippen molar-refractivity contribution >= 4 is 25.7 Å². The Hall–Kier alpha value is -1.13. The second kappa shape index (κ2) is 5.58. The highest BCUT2D eigenvalue weighted by molar-refractivity contribution is 7.92. The summed E-state index contributed by atoms with van der Waals surface area (Å²) >= 11 is 0. The first-order valence-corrected chi connectivity index (χ1v) is 10.0. The fourth-order valence-electron chi connectivity index (χ4n) is 2.53. The van der Waals surface area contributed by atoms with Crippen molar-refractivity contribution in [2.45, 2.75) is 37.8 Å². The zero-order valence-corrected chi connectivity index (χ0v) is 13.7. The Labute approximate surface area is 124 Å². The van der Waals surface area contributed by atoms with Gasteiger partial charge >= 0.3 is 0 Å². The molecule has 1 fully saturated rings. The molecular weight excluding hydrogens is 316 g/mol. The number of nitrogens with two attached hydrogens (primary N) is 1. The van der Waals surface area contributed by atoms with Crippen molar-refractivity contribution in [1.82, 2.24) is 14.1 Å². The molecule has 0 radical (unpaired) electrons. The molecule has 1 unspecified atom stereocenters. The number of hydrogen-bond acceptors (Lipinski definition) is 6. The molecule has 0 spiro atoms. The molecule has 1 saturated heterocycles. The number of sulfone groups is 1. The van der Waals surface area contributed by atoms with Gasteiger partial charge in [0.05, 0.1) is 11.5 Å². The molecule has 0 bridgehead atoms. The fraction of sp³-hybridized carbons (Fsp3) is 0.727. The zero-order valence-electron chi connectivity index (χ0n) is 12.1. The van der Waals surface area contributed by atoms with Crippen molar-refractivity contribution in [2.75, 3.05) is 23.8 Å². The van der Waals surface area contributed by atoms with Crippen LogP contribution in [0.4, 0.5) is 5.82 Å². The van der Waals surface area contributed by atoms with Crippen molar-refractivity contribution in [3.63, 3.8) is 0 Å². The molecule has 0 amide bonds. The Balaban J connectivity index is 2.38. The first-order chi connectivity index (χ1) is 9.71. The molecular formula is C11H20N4O4S2. The van der Waals surface area contributed by atoms with Gasteiger partial charge in [-0.25, -0.2) is 16.8 Å². The second-order valence-electron chi connectivity index (χ2n) is 5.00. The largest absolute Gasteiger partial charge is 0.381 e. The van der Waals surface area contributed by atoms with E-state index < -0.39 is 25.9 Å². The molecule has 1 atom stereocenters. The number of anilines is 1. The van der Waals surface area contributed by atoms with Crippen LogP contribution in [0.3, 0.4) is 0 Å². The van der Waals surface area contributed by atoms with Crippen LogP contribution < -0.4 is 5.73 Å². The van der Waals surface area contributed by atoms with Gasteiger partial charge in [0.1, 0.15) is 4.90 Å². The van der Waals surface area contributed by atoms with Gasteiger partial charge in [0.25, 0.3) is 0 Å². The topological polar surface area (TPSA) is 115 Å². The molecule has 2 heterocycles. The highest BCUT2D eigenvalue weighted by Gasteiger charge is 2.39. The van der Waals surface area contributed by atoms with Gasteiger partial charge in [-0.05, 0) is 13.3 Å². The van der Waals surface area contributed by atoms with E-state index in [1.54, 1.807) is 6.92 Å². The molecule has 0 saturated carbocycles. The Morgan fingerprint density at radius 2 is 2.14 bits per heavy atom. The second-order valence-corrected chi connectivity index (χ2v) is 9.09. The third-order valence-corrected chi connectivity index (χ3v) is 7.39. The van der Waals surface area contributed by atoms with E-state index in [-0.39, 0.29) is 28.8 Å². The summed E-state index contributed by atoms with van der Waals surface area (Å²) in [6.07, 6.45) is 1.70. The molecule has 120 valence electrons. The third-order valence-electron chi connectivity index (χ3n) is 3.59. The SMILES string of the molecule is CCN(C1CCS(=O)(=O)C1)S(=O)(=O)c1cn(CC)nc1N. The maximum atomic E-state index is 12.7. The zero-order chi connectivity index (χ0) is 15.8. The van der Waals surface area contributed by atoms with Crippen LogP contribution in [-0.4, -0.2) is 55.0 Å². The number of sulfonamides is 1. The molecule has 1 aliphatic rings. The molecule has 1 aliphatic heterocycles. The molecule has 10 heteroatoms. The van der Waals surface area contributed by atoms with Gasteiger partial charge in [-0.2, -0.15) is 9.40 Å². The lowest BCUT2D eigenvalue weighted by atomic mass is 10.3. The monoisotopic (exact) mass is 336 g/mol. The van der Waals surface area contributed by atoms with Crippen LogP contribution in [0.15, 0.2) is 11.1 Å². The van der Waals surface area contributed by atoms with Gasteiger partial charge in [-0.1, -0.05) is 6.92 Å². The summed E-state index contributed by atoms with van der Waals surface area (Å²) in [7, 11) is -7.00. The van der Waals surface area contributed by atoms with E-state index in [2.05, 4.69) is 5.10 Å². The minimum Gasteiger partial charge on any atom is -0.381 e. The van der Waals surface area contributed by atoms with E-state index in [1.165, 1.54) is 15.2 Å². The average molecular weight is 336 g/mol. The Morgan fingerprint density at radius 3 is 2.57 bits per heavy atom. The maximum absolute atomic E-state index is 12.7. The maximum Gasteiger partial charge on any atom is 0.248 e. The van der Waals surface area contributed by atoms with Gasteiger partial charge < -0.3 is 5.73 Å². The third kappa shape index (κ3) is 3.06. The Morgan fingerprint density at radius 1 is 1.48 bits per heavy atom. The Bertz CT molecular complexity index is 723. The van der Waals surface area contributed by atoms with Crippen LogP contribution in [0.25, 0.3) is 0 Å². The lowest BCUT2D eigenvalue weighted by Gasteiger charge is -2.25. The van der Waals surface area contributed by atoms with Crippen LogP contribution in [0.2, 0.25) is 0 Å². The van der Waals surface area contributed by atoms with Crippen molar-refractivity contribution in [1.29, 1.82) is 0 Å². The van der Waals surface area contributed by atoms with Gasteiger partial charge in [0, 0.05) is 25.3 Å². The van der Waals surface area contributed by atoms with E-state index in [4.69, 9.17) is 5.73 Å². The van der Waals surface area contributed by atoms with Crippen molar-refractivity contribution in [3.8, 4) is 0 Å². The lowest BCUT2D eigenvalue weighted by Crippen LogP contribution is -2.41. The summed E-state index contributed by atoms with van der Waals surface area (Å²) in [5.74, 6) is -0.175. The first-order valence-electron chi connectivity index (χ1n) is 6.76. The van der Waals surface area contributed by atoms with Crippen LogP contribution in [0.5, 0.6) is 0 Å². The highest BCUT2D eigenvalue weighted by Crippen LogP contribution is 2.27. The number of rotatable bonds is 5. The van der Waals surface area contributed by atoms with Crippen LogP contribution in [0.1, 0.15) is 20.3 Å². The van der Waals surface area contributed by atoms with Gasteiger partial charge in [0.15, 0.2) is 15.7 Å². The van der Waals surface area contributed by atoms with Gasteiger partial charge in [-0.15, -0.1) is 0 Å². The molecule has 21 heavy (non-hydrogen) atoms. The quantitative estimate of drug-likeness (QED) is 0.788. The van der Waals surface area contributed by atoms with Gasteiger partial charge in [-0.3, -0.25) is 4.68 Å². The fourth-order valence-corrected chi connectivity index (χ4v) is 6.08. The normalized spacial score (nSPS) is 22.0. The van der Waals surface area contributed by atoms with E-state index >= 15 is 0 Å². The molecule has 8 nitrogen and oxygen atoms in total. The predicted octanol–water partition coefficient (Wildman–Crippen LogP) is -0.317. The summed E-state index contributed by atoms with van der Waals surface area (Å²) in [6.45, 7) is 4.20. The summed E-state index contributed by atoms with van der Waals surface area (Å²) in [5, 5.41) is 3.94. The van der Waals surface area contributed by atoms with E-state index in [1.807, 2.05) is 6.92 Å². The predicted molar refractivity (Wildman–Crippen MR) is 78.9 cm³/mol. The summed E-state index contributed by atoms with van der Waals surface area (Å²) in [5.41, 5.74) is 5.69. The van der Waals surface area contributed by atoms with Crippen molar-refractivity contribution in [3.05, 3.63) is 6.20 Å². The average Bonchev–Trinajstić information content (AvgIpc) is 2.93.